The van der Waals surface area contributed by atoms with Crippen molar-refractivity contribution in [2.75, 3.05) is 6.61 Å². The van der Waals surface area contributed by atoms with E-state index in [-0.39, 0.29) is 12.2 Å². The summed E-state index contributed by atoms with van der Waals surface area (Å²) in [7, 11) is 0. The van der Waals surface area contributed by atoms with Gasteiger partial charge in [0.15, 0.2) is 0 Å². The van der Waals surface area contributed by atoms with Crippen LogP contribution in [0.3, 0.4) is 0 Å². The first kappa shape index (κ1) is 14.7. The van der Waals surface area contributed by atoms with Gasteiger partial charge < -0.3 is 15.9 Å². The van der Waals surface area contributed by atoms with Crippen molar-refractivity contribution in [2.45, 2.75) is 38.1 Å². The summed E-state index contributed by atoms with van der Waals surface area (Å²) in [6.45, 7) is 5.51. The van der Waals surface area contributed by atoms with Gasteiger partial charge in [0.2, 0.25) is 0 Å². The Morgan fingerprint density at radius 3 is 2.33 bits per heavy atom. The molecule has 0 fully saturated rings. The van der Waals surface area contributed by atoms with Crippen molar-refractivity contribution in [2.24, 2.45) is 5.73 Å². The van der Waals surface area contributed by atoms with Gasteiger partial charge in [-0.15, -0.1) is 0 Å². The third-order valence-electron chi connectivity index (χ3n) is 3.09. The number of rotatable bonds is 5. The fourth-order valence-corrected chi connectivity index (χ4v) is 2.42. The second-order valence-electron chi connectivity index (χ2n) is 5.72. The van der Waals surface area contributed by atoms with E-state index in [1.165, 1.54) is 0 Å². The molecule has 0 aliphatic heterocycles. The first-order valence-electron chi connectivity index (χ1n) is 5.92. The van der Waals surface area contributed by atoms with Gasteiger partial charge >= 0.3 is 5.97 Å². The second-order valence-corrected chi connectivity index (χ2v) is 5.72. The average Bonchev–Trinajstić information content (AvgIpc) is 2.28. The molecule has 4 N–H and O–H groups in total. The lowest BCUT2D eigenvalue weighted by Gasteiger charge is -2.34. The molecule has 0 aliphatic rings. The molecule has 0 aromatic heterocycles. The van der Waals surface area contributed by atoms with Gasteiger partial charge in [-0.2, -0.15) is 0 Å². The zero-order valence-corrected chi connectivity index (χ0v) is 11.1. The molecule has 1 atom stereocenters. The molecule has 18 heavy (non-hydrogen) atoms. The molecule has 0 spiro atoms. The summed E-state index contributed by atoms with van der Waals surface area (Å²) in [5.41, 5.74) is 5.85. The van der Waals surface area contributed by atoms with Gasteiger partial charge in [0, 0.05) is 5.54 Å². The van der Waals surface area contributed by atoms with Crippen molar-refractivity contribution in [3.8, 4) is 0 Å². The summed E-state index contributed by atoms with van der Waals surface area (Å²) in [6, 6.07) is 6.91. The van der Waals surface area contributed by atoms with Gasteiger partial charge in [-0.3, -0.25) is 0 Å². The van der Waals surface area contributed by atoms with Crippen LogP contribution in [0.4, 0.5) is 0 Å². The van der Waals surface area contributed by atoms with E-state index in [0.717, 1.165) is 5.56 Å². The zero-order chi connectivity index (χ0) is 14.0. The van der Waals surface area contributed by atoms with E-state index in [0.29, 0.717) is 6.42 Å². The number of nitrogens with two attached hydrogens (primary N) is 1. The van der Waals surface area contributed by atoms with Gasteiger partial charge in [-0.25, -0.2) is 4.79 Å². The highest BCUT2D eigenvalue weighted by Gasteiger charge is 2.32. The predicted octanol–water partition coefficient (Wildman–Crippen LogP) is 1.76. The zero-order valence-electron chi connectivity index (χ0n) is 11.1. The molecule has 1 aromatic rings. The Morgan fingerprint density at radius 1 is 1.28 bits per heavy atom. The summed E-state index contributed by atoms with van der Waals surface area (Å²) in [6.07, 6.45) is 0.501. The van der Waals surface area contributed by atoms with Crippen molar-refractivity contribution in [3.63, 3.8) is 0 Å². The van der Waals surface area contributed by atoms with E-state index in [4.69, 9.17) is 5.73 Å². The number of carboxylic acids is 1. The minimum absolute atomic E-state index is 0.133. The molecule has 100 valence electrons. The van der Waals surface area contributed by atoms with E-state index in [2.05, 4.69) is 0 Å². The molecule has 0 saturated heterocycles. The Morgan fingerprint density at radius 2 is 1.83 bits per heavy atom. The topological polar surface area (TPSA) is 83.5 Å². The molecule has 1 aromatic carbocycles. The van der Waals surface area contributed by atoms with Crippen LogP contribution < -0.4 is 5.73 Å². The quantitative estimate of drug-likeness (QED) is 0.744. The molecular weight excluding hydrogens is 230 g/mol. The van der Waals surface area contributed by atoms with E-state index in [1.54, 1.807) is 25.1 Å². The maximum Gasteiger partial charge on any atom is 0.335 e. The lowest BCUT2D eigenvalue weighted by molar-refractivity contribution is 0.0693. The standard InChI is InChI=1S/C14H21NO3/c1-13(2,8-14(3,15)9-16)11-7-5-4-6-10(11)12(17)18/h4-7,16H,8-9,15H2,1-3H3,(H,17,18)/t14-/m0/s1. The Labute approximate surface area is 107 Å². The van der Waals surface area contributed by atoms with Crippen molar-refractivity contribution in [1.29, 1.82) is 0 Å². The first-order valence-corrected chi connectivity index (χ1v) is 5.92. The molecular formula is C14H21NO3. The summed E-state index contributed by atoms with van der Waals surface area (Å²) < 4.78 is 0. The van der Waals surface area contributed by atoms with Crippen molar-refractivity contribution in [3.05, 3.63) is 35.4 Å². The average molecular weight is 251 g/mol. The molecule has 1 rings (SSSR count). The Hall–Kier alpha value is -1.39. The molecule has 4 heteroatoms. The van der Waals surface area contributed by atoms with E-state index >= 15 is 0 Å². The third kappa shape index (κ3) is 3.31. The van der Waals surface area contributed by atoms with Crippen molar-refractivity contribution in [1.82, 2.24) is 0 Å². The lowest BCUT2D eigenvalue weighted by atomic mass is 9.73. The Kier molecular flexibility index (Phi) is 4.14. The maximum atomic E-state index is 11.2. The van der Waals surface area contributed by atoms with Crippen LogP contribution in [0, 0.1) is 0 Å². The van der Waals surface area contributed by atoms with E-state index < -0.39 is 16.9 Å². The van der Waals surface area contributed by atoms with E-state index in [9.17, 15) is 15.0 Å². The summed E-state index contributed by atoms with van der Waals surface area (Å²) >= 11 is 0. The smallest absolute Gasteiger partial charge is 0.335 e. The van der Waals surface area contributed by atoms with Crippen LogP contribution in [0.2, 0.25) is 0 Å². The van der Waals surface area contributed by atoms with Crippen LogP contribution in [0.15, 0.2) is 24.3 Å². The van der Waals surface area contributed by atoms with Gasteiger partial charge in [0.05, 0.1) is 12.2 Å². The highest BCUT2D eigenvalue weighted by atomic mass is 16.4. The molecule has 0 radical (unpaired) electrons. The molecule has 0 unspecified atom stereocenters. The maximum absolute atomic E-state index is 11.2. The largest absolute Gasteiger partial charge is 0.478 e. The third-order valence-corrected chi connectivity index (χ3v) is 3.09. The highest BCUT2D eigenvalue weighted by molar-refractivity contribution is 5.89. The lowest BCUT2D eigenvalue weighted by Crippen LogP contribution is -2.45. The Balaban J connectivity index is 3.16. The van der Waals surface area contributed by atoms with Crippen LogP contribution >= 0.6 is 0 Å². The number of hydrogen-bond donors (Lipinski definition) is 3. The predicted molar refractivity (Wildman–Crippen MR) is 70.7 cm³/mol. The van der Waals surface area contributed by atoms with Gasteiger partial charge in [-0.1, -0.05) is 32.0 Å². The van der Waals surface area contributed by atoms with Crippen molar-refractivity contribution >= 4 is 5.97 Å². The van der Waals surface area contributed by atoms with Gasteiger partial charge in [0.25, 0.3) is 0 Å². The molecule has 0 saturated carbocycles. The monoisotopic (exact) mass is 251 g/mol. The molecule has 0 heterocycles. The van der Waals surface area contributed by atoms with Crippen LogP contribution in [0.5, 0.6) is 0 Å². The van der Waals surface area contributed by atoms with Gasteiger partial charge in [0.1, 0.15) is 0 Å². The summed E-state index contributed by atoms with van der Waals surface area (Å²) in [4.78, 5) is 11.2. The van der Waals surface area contributed by atoms with E-state index in [1.807, 2.05) is 19.9 Å². The van der Waals surface area contributed by atoms with Crippen LogP contribution in [0.25, 0.3) is 0 Å². The number of aliphatic hydroxyl groups is 1. The van der Waals surface area contributed by atoms with Crippen LogP contribution in [0.1, 0.15) is 43.1 Å². The minimum Gasteiger partial charge on any atom is -0.478 e. The van der Waals surface area contributed by atoms with Gasteiger partial charge in [-0.05, 0) is 30.4 Å². The summed E-state index contributed by atoms with van der Waals surface area (Å²) in [5.74, 6) is -0.943. The SMILES string of the molecule is CC(C)(C[C@](C)(N)CO)c1ccccc1C(=O)O. The number of hydrogen-bond acceptors (Lipinski definition) is 3. The number of carbonyl (C=O) groups is 1. The van der Waals surface area contributed by atoms with Crippen LogP contribution in [-0.4, -0.2) is 28.3 Å². The normalized spacial score (nSPS) is 15.2. The molecule has 0 aliphatic carbocycles. The first-order chi connectivity index (χ1) is 8.19. The molecule has 0 bridgehead atoms. The minimum atomic E-state index is -0.943. The number of carboxylic acid groups (broad SMARTS) is 1. The number of aliphatic hydroxyl groups excluding tert-OH is 1. The fraction of sp³-hybridized carbons (Fsp3) is 0.500. The number of benzene rings is 1. The van der Waals surface area contributed by atoms with Crippen LogP contribution in [-0.2, 0) is 5.41 Å². The summed E-state index contributed by atoms with van der Waals surface area (Å²) in [5, 5.41) is 18.4. The fourth-order valence-electron chi connectivity index (χ4n) is 2.42. The second kappa shape index (κ2) is 5.08. The number of aromatic carboxylic acids is 1. The van der Waals surface area contributed by atoms with Crippen molar-refractivity contribution < 1.29 is 15.0 Å². The Bertz CT molecular complexity index is 438. The molecule has 0 amide bonds. The highest BCUT2D eigenvalue weighted by Crippen LogP contribution is 2.33. The molecule has 4 nitrogen and oxygen atoms in total.